The lowest BCUT2D eigenvalue weighted by atomic mass is 9.92. The molecule has 0 bridgehead atoms. The Labute approximate surface area is 282 Å². The number of methoxy groups -OCH3 is 2. The van der Waals surface area contributed by atoms with E-state index in [1.165, 1.54) is 13.8 Å². The third-order valence-electron chi connectivity index (χ3n) is 8.01. The van der Waals surface area contributed by atoms with Crippen molar-refractivity contribution in [3.63, 3.8) is 0 Å². The number of carbonyl (C=O) groups excluding carboxylic acids is 2. The summed E-state index contributed by atoms with van der Waals surface area (Å²) < 4.78 is 23.4. The summed E-state index contributed by atoms with van der Waals surface area (Å²) >= 11 is 0. The van der Waals surface area contributed by atoms with Gasteiger partial charge in [0.05, 0.1) is 14.2 Å². The number of ether oxygens (including phenoxy) is 4. The van der Waals surface area contributed by atoms with Crippen LogP contribution in [0.2, 0.25) is 0 Å². The summed E-state index contributed by atoms with van der Waals surface area (Å²) in [6.45, 7) is 11.6. The van der Waals surface area contributed by atoms with Gasteiger partial charge in [-0.2, -0.15) is 0 Å². The van der Waals surface area contributed by atoms with Gasteiger partial charge in [0, 0.05) is 76.4 Å². The summed E-state index contributed by atoms with van der Waals surface area (Å²) in [7, 11) is 3.24. The molecule has 0 fully saturated rings. The van der Waals surface area contributed by atoms with Gasteiger partial charge in [-0.3, -0.25) is 19.6 Å². The van der Waals surface area contributed by atoms with Crippen molar-refractivity contribution in [3.05, 3.63) is 81.9 Å². The van der Waals surface area contributed by atoms with Crippen LogP contribution in [0.15, 0.2) is 48.5 Å². The maximum absolute atomic E-state index is 11.1. The lowest BCUT2D eigenvalue weighted by Crippen LogP contribution is -2.29. The Kier molecular flexibility index (Phi) is 13.3. The van der Waals surface area contributed by atoms with Crippen LogP contribution < -0.4 is 40.2 Å². The molecule has 0 saturated heterocycles. The second-order valence-electron chi connectivity index (χ2n) is 11.5. The molecule has 4 rings (SSSR count). The maximum Gasteiger partial charge on any atom is 0.216 e. The van der Waals surface area contributed by atoms with E-state index in [-0.39, 0.29) is 11.8 Å². The van der Waals surface area contributed by atoms with E-state index in [0.29, 0.717) is 76.0 Å². The number of carbonyl (C=O) groups is 2. The topological polar surface area (TPSA) is 151 Å². The number of aromatic amines is 2. The summed E-state index contributed by atoms with van der Waals surface area (Å²) in [5.41, 5.74) is 8.60. The highest BCUT2D eigenvalue weighted by Gasteiger charge is 2.15. The van der Waals surface area contributed by atoms with Crippen molar-refractivity contribution in [1.82, 2.24) is 31.2 Å². The van der Waals surface area contributed by atoms with Gasteiger partial charge in [0.1, 0.15) is 13.2 Å². The molecule has 0 aliphatic carbocycles. The largest absolute Gasteiger partial charge is 0.482 e. The summed E-state index contributed by atoms with van der Waals surface area (Å²) in [5, 5.41) is 12.2. The molecule has 0 aliphatic heterocycles. The maximum atomic E-state index is 11.1. The van der Waals surface area contributed by atoms with Crippen molar-refractivity contribution in [2.75, 3.05) is 40.4 Å². The lowest BCUT2D eigenvalue weighted by Gasteiger charge is -2.16. The first-order chi connectivity index (χ1) is 23.2. The molecule has 2 aromatic carbocycles. The average molecular weight is 661 g/mol. The van der Waals surface area contributed by atoms with Crippen molar-refractivity contribution in [2.24, 2.45) is 0 Å². The number of benzene rings is 2. The fraction of sp³-hybridized carbons (Fsp3) is 0.389. The molecule has 0 aliphatic rings. The van der Waals surface area contributed by atoms with E-state index in [0.717, 1.165) is 44.5 Å². The van der Waals surface area contributed by atoms with E-state index >= 15 is 0 Å². The molecule has 2 amide bonds. The van der Waals surface area contributed by atoms with E-state index in [4.69, 9.17) is 18.9 Å². The Bertz CT molecular complexity index is 1540. The average Bonchev–Trinajstić information content (AvgIpc) is 3.66. The van der Waals surface area contributed by atoms with Gasteiger partial charge >= 0.3 is 0 Å². The standard InChI is InChI=1S/C36H48N6O6/c1-23-27(21-47-33-17-29(35(41-33)45-5)19-37-13-15-39-25(3)43)9-7-11-31(23)32-12-8-10-28(24(32)2)22-48-34-18-30(36(42-34)46-6)20-38-14-16-40-26(4)44/h7-12,17-18,37-38,41-42H,13-16,19-22H2,1-6H3,(H,39,43)(H,40,44). The van der Waals surface area contributed by atoms with E-state index in [1.54, 1.807) is 14.2 Å². The second kappa shape index (κ2) is 17.8. The highest BCUT2D eigenvalue weighted by atomic mass is 16.5. The predicted octanol–water partition coefficient (Wildman–Crippen LogP) is 4.25. The van der Waals surface area contributed by atoms with Crippen LogP contribution in [0, 0.1) is 13.8 Å². The van der Waals surface area contributed by atoms with Crippen LogP contribution in [0.3, 0.4) is 0 Å². The first kappa shape index (κ1) is 35.9. The molecule has 4 aromatic rings. The molecule has 0 atom stereocenters. The third-order valence-corrected chi connectivity index (χ3v) is 8.01. The van der Waals surface area contributed by atoms with Gasteiger partial charge in [0.2, 0.25) is 11.8 Å². The van der Waals surface area contributed by atoms with Gasteiger partial charge in [0.15, 0.2) is 23.5 Å². The van der Waals surface area contributed by atoms with Crippen LogP contribution in [0.1, 0.15) is 47.2 Å². The van der Waals surface area contributed by atoms with Crippen LogP contribution in [-0.2, 0) is 35.9 Å². The number of nitrogens with one attached hydrogen (secondary N) is 6. The zero-order valence-corrected chi connectivity index (χ0v) is 28.7. The van der Waals surface area contributed by atoms with Crippen LogP contribution in [0.4, 0.5) is 0 Å². The van der Waals surface area contributed by atoms with Crippen molar-refractivity contribution >= 4 is 11.8 Å². The minimum absolute atomic E-state index is 0.0478. The van der Waals surface area contributed by atoms with E-state index < -0.39 is 0 Å². The monoisotopic (exact) mass is 660 g/mol. The van der Waals surface area contributed by atoms with Gasteiger partial charge in [-0.15, -0.1) is 0 Å². The number of amides is 2. The van der Waals surface area contributed by atoms with Crippen LogP contribution in [-0.4, -0.2) is 62.2 Å². The molecule has 6 N–H and O–H groups in total. The van der Waals surface area contributed by atoms with Crippen LogP contribution >= 0.6 is 0 Å². The smallest absolute Gasteiger partial charge is 0.216 e. The molecular formula is C36H48N6O6. The van der Waals surface area contributed by atoms with Crippen molar-refractivity contribution in [3.8, 4) is 34.6 Å². The third kappa shape index (κ3) is 10.0. The summed E-state index contributed by atoms with van der Waals surface area (Å²) in [6.07, 6.45) is 0. The quantitative estimate of drug-likeness (QED) is 0.0818. The molecule has 48 heavy (non-hydrogen) atoms. The molecule has 0 unspecified atom stereocenters. The molecule has 258 valence electrons. The molecule has 2 heterocycles. The Balaban J connectivity index is 1.38. The summed E-state index contributed by atoms with van der Waals surface area (Å²) in [4.78, 5) is 28.5. The van der Waals surface area contributed by atoms with E-state index in [2.05, 4.69) is 81.5 Å². The molecule has 2 aromatic heterocycles. The van der Waals surface area contributed by atoms with Gasteiger partial charge in [0.25, 0.3) is 0 Å². The van der Waals surface area contributed by atoms with Gasteiger partial charge < -0.3 is 40.2 Å². The molecule has 12 heteroatoms. The Hall–Kier alpha value is -4.94. The summed E-state index contributed by atoms with van der Waals surface area (Å²) in [6, 6.07) is 16.4. The zero-order valence-electron chi connectivity index (χ0n) is 28.7. The van der Waals surface area contributed by atoms with Gasteiger partial charge in [-0.1, -0.05) is 36.4 Å². The second-order valence-corrected chi connectivity index (χ2v) is 11.5. The van der Waals surface area contributed by atoms with E-state index in [9.17, 15) is 9.59 Å². The Morgan fingerprint density at radius 3 is 1.42 bits per heavy atom. The Morgan fingerprint density at radius 1 is 0.625 bits per heavy atom. The predicted molar refractivity (Wildman–Crippen MR) is 185 cm³/mol. The Morgan fingerprint density at radius 2 is 1.04 bits per heavy atom. The molecule has 0 saturated carbocycles. The highest BCUT2D eigenvalue weighted by Crippen LogP contribution is 2.32. The normalized spacial score (nSPS) is 10.9. The number of aromatic nitrogens is 2. The SMILES string of the molecule is COc1[nH]c(OCc2cccc(-c3cccc(COc4cc(CNCCNC(C)=O)c(OC)[nH]4)c3C)c2C)cc1CNCCNC(C)=O. The van der Waals surface area contributed by atoms with Crippen LogP contribution in [0.25, 0.3) is 11.1 Å². The van der Waals surface area contributed by atoms with Gasteiger partial charge in [-0.05, 0) is 47.2 Å². The van der Waals surface area contributed by atoms with Crippen molar-refractivity contribution in [1.29, 1.82) is 0 Å². The van der Waals surface area contributed by atoms with Crippen LogP contribution in [0.5, 0.6) is 23.5 Å². The fourth-order valence-corrected chi connectivity index (χ4v) is 5.36. The summed E-state index contributed by atoms with van der Waals surface area (Å²) in [5.74, 6) is 2.43. The zero-order chi connectivity index (χ0) is 34.5. The van der Waals surface area contributed by atoms with Crippen molar-refractivity contribution < 1.29 is 28.5 Å². The minimum atomic E-state index is -0.0478. The first-order valence-corrected chi connectivity index (χ1v) is 16.0. The van der Waals surface area contributed by atoms with Crippen molar-refractivity contribution in [2.45, 2.75) is 54.0 Å². The van der Waals surface area contributed by atoms with Gasteiger partial charge in [-0.25, -0.2) is 0 Å². The van der Waals surface area contributed by atoms with E-state index in [1.807, 2.05) is 12.1 Å². The molecule has 0 spiro atoms. The number of hydrogen-bond acceptors (Lipinski definition) is 8. The number of H-pyrrole nitrogens is 2. The molecule has 0 radical (unpaired) electrons. The molecule has 12 nitrogen and oxygen atoms in total. The highest BCUT2D eigenvalue weighted by molar-refractivity contribution is 5.73. The fourth-order valence-electron chi connectivity index (χ4n) is 5.36. The lowest BCUT2D eigenvalue weighted by molar-refractivity contribution is -0.119. The number of rotatable bonds is 19. The minimum Gasteiger partial charge on any atom is -0.482 e. The molecular weight excluding hydrogens is 612 g/mol. The number of hydrogen-bond donors (Lipinski definition) is 6. The first-order valence-electron chi connectivity index (χ1n) is 16.0.